The van der Waals surface area contributed by atoms with Crippen molar-refractivity contribution in [2.45, 2.75) is 45.4 Å². The van der Waals surface area contributed by atoms with Crippen LogP contribution in [0.15, 0.2) is 41.2 Å². The van der Waals surface area contributed by atoms with Crippen molar-refractivity contribution in [2.75, 3.05) is 5.32 Å². The molecule has 0 saturated carbocycles. The van der Waals surface area contributed by atoms with Gasteiger partial charge in [-0.1, -0.05) is 45.0 Å². The second-order valence-corrected chi connectivity index (χ2v) is 8.22. The lowest BCUT2D eigenvalue weighted by molar-refractivity contribution is -0.116. The highest BCUT2D eigenvalue weighted by molar-refractivity contribution is 5.95. The lowest BCUT2D eigenvalue weighted by Gasteiger charge is -2.25. The van der Waals surface area contributed by atoms with Gasteiger partial charge in [-0.25, -0.2) is 5.10 Å². The molecule has 4 rings (SSSR count). The summed E-state index contributed by atoms with van der Waals surface area (Å²) in [7, 11) is 0. The normalized spacial score (nSPS) is 16.6. The fourth-order valence-corrected chi connectivity index (χ4v) is 3.67. The number of amides is 1. The molecule has 1 aliphatic rings. The second kappa shape index (κ2) is 6.44. The molecule has 0 aliphatic carbocycles. The molecule has 0 unspecified atom stereocenters. The Labute approximate surface area is 162 Å². The van der Waals surface area contributed by atoms with E-state index in [0.717, 1.165) is 16.8 Å². The van der Waals surface area contributed by atoms with Gasteiger partial charge < -0.3 is 5.32 Å². The first-order valence-electron chi connectivity index (χ1n) is 9.30. The predicted octanol–water partition coefficient (Wildman–Crippen LogP) is 3.04. The number of rotatable bonds is 2. The highest BCUT2D eigenvalue weighted by Crippen LogP contribution is 2.40. The summed E-state index contributed by atoms with van der Waals surface area (Å²) < 4.78 is 1.58. The standard InChI is InChI=1S/C21H23N5O2/c1-12-19-15(13-5-7-14(8-6-13)21(2,3)4)11-18(28)22-20(19)26(25-12)16-9-10-17(27)24-23-16/h5-10,15H,11H2,1-4H3,(H,22,28)(H,24,27)/t15-/m0/s1. The van der Waals surface area contributed by atoms with Crippen LogP contribution in [0.3, 0.4) is 0 Å². The van der Waals surface area contributed by atoms with Crippen LogP contribution in [0.2, 0.25) is 0 Å². The maximum absolute atomic E-state index is 12.5. The third-order valence-corrected chi connectivity index (χ3v) is 5.16. The number of hydrogen-bond acceptors (Lipinski definition) is 4. The summed E-state index contributed by atoms with van der Waals surface area (Å²) in [6.07, 6.45) is 0.369. The number of aromatic amines is 1. The summed E-state index contributed by atoms with van der Waals surface area (Å²) in [4.78, 5) is 23.8. The zero-order valence-electron chi connectivity index (χ0n) is 16.4. The fourth-order valence-electron chi connectivity index (χ4n) is 3.67. The lowest BCUT2D eigenvalue weighted by atomic mass is 9.82. The second-order valence-electron chi connectivity index (χ2n) is 8.22. The van der Waals surface area contributed by atoms with Gasteiger partial charge in [-0.15, -0.1) is 0 Å². The monoisotopic (exact) mass is 377 g/mol. The maximum atomic E-state index is 12.5. The Hall–Kier alpha value is -3.22. The minimum absolute atomic E-state index is 0.0667. The van der Waals surface area contributed by atoms with Gasteiger partial charge >= 0.3 is 0 Å². The Balaban J connectivity index is 1.80. The largest absolute Gasteiger partial charge is 0.310 e. The quantitative estimate of drug-likeness (QED) is 0.718. The molecule has 0 fully saturated rings. The average Bonchev–Trinajstić information content (AvgIpc) is 2.97. The minimum atomic E-state index is -0.289. The van der Waals surface area contributed by atoms with E-state index >= 15 is 0 Å². The number of fused-ring (bicyclic) bond motifs is 1. The van der Waals surface area contributed by atoms with E-state index in [1.807, 2.05) is 6.92 Å². The Bertz CT molecular complexity index is 1080. The molecule has 28 heavy (non-hydrogen) atoms. The molecule has 1 aromatic carbocycles. The average molecular weight is 377 g/mol. The van der Waals surface area contributed by atoms with Gasteiger partial charge in [0.2, 0.25) is 5.91 Å². The van der Waals surface area contributed by atoms with Crippen molar-refractivity contribution in [3.05, 3.63) is 69.1 Å². The molecule has 7 nitrogen and oxygen atoms in total. The first-order chi connectivity index (χ1) is 13.2. The van der Waals surface area contributed by atoms with Crippen molar-refractivity contribution in [3.63, 3.8) is 0 Å². The Morgan fingerprint density at radius 3 is 2.39 bits per heavy atom. The predicted molar refractivity (Wildman–Crippen MR) is 107 cm³/mol. The van der Waals surface area contributed by atoms with Crippen LogP contribution in [0.4, 0.5) is 5.82 Å². The van der Waals surface area contributed by atoms with Crippen LogP contribution in [0, 0.1) is 6.92 Å². The number of carbonyl (C=O) groups excluding carboxylic acids is 1. The first kappa shape index (κ1) is 18.2. The highest BCUT2D eigenvalue weighted by atomic mass is 16.1. The van der Waals surface area contributed by atoms with Gasteiger partial charge in [0.25, 0.3) is 5.56 Å². The van der Waals surface area contributed by atoms with Gasteiger partial charge in [0.05, 0.1) is 5.69 Å². The third-order valence-electron chi connectivity index (χ3n) is 5.16. The summed E-state index contributed by atoms with van der Waals surface area (Å²) in [5.74, 6) is 0.920. The number of nitrogens with zero attached hydrogens (tertiary/aromatic N) is 3. The number of H-pyrrole nitrogens is 1. The van der Waals surface area contributed by atoms with Crippen LogP contribution < -0.4 is 10.9 Å². The van der Waals surface area contributed by atoms with Gasteiger partial charge in [-0.05, 0) is 29.5 Å². The molecule has 2 N–H and O–H groups in total. The van der Waals surface area contributed by atoms with Crippen molar-refractivity contribution < 1.29 is 4.79 Å². The van der Waals surface area contributed by atoms with E-state index in [4.69, 9.17) is 0 Å². The molecule has 3 aromatic rings. The van der Waals surface area contributed by atoms with Crippen molar-refractivity contribution in [2.24, 2.45) is 0 Å². The van der Waals surface area contributed by atoms with Crippen molar-refractivity contribution in [1.82, 2.24) is 20.0 Å². The number of aromatic nitrogens is 4. The summed E-state index contributed by atoms with van der Waals surface area (Å²) in [6.45, 7) is 8.47. The number of hydrogen-bond donors (Lipinski definition) is 2. The van der Waals surface area contributed by atoms with E-state index in [9.17, 15) is 9.59 Å². The minimum Gasteiger partial charge on any atom is -0.310 e. The molecule has 144 valence electrons. The topological polar surface area (TPSA) is 92.7 Å². The van der Waals surface area contributed by atoms with Gasteiger partial charge in [-0.3, -0.25) is 9.59 Å². The van der Waals surface area contributed by atoms with E-state index in [0.29, 0.717) is 18.1 Å². The summed E-state index contributed by atoms with van der Waals surface area (Å²) in [5.41, 5.74) is 3.93. The number of anilines is 1. The Kier molecular flexibility index (Phi) is 4.18. The summed E-state index contributed by atoms with van der Waals surface area (Å²) >= 11 is 0. The van der Waals surface area contributed by atoms with Crippen LogP contribution >= 0.6 is 0 Å². The molecular weight excluding hydrogens is 354 g/mol. The molecule has 0 radical (unpaired) electrons. The van der Waals surface area contributed by atoms with Crippen LogP contribution in [0.1, 0.15) is 55.5 Å². The van der Waals surface area contributed by atoms with E-state index in [-0.39, 0.29) is 22.8 Å². The Morgan fingerprint density at radius 1 is 1.07 bits per heavy atom. The number of carbonyl (C=O) groups is 1. The molecule has 2 aromatic heterocycles. The zero-order chi connectivity index (χ0) is 20.1. The van der Waals surface area contributed by atoms with Crippen LogP contribution in [0.5, 0.6) is 0 Å². The number of nitrogens with one attached hydrogen (secondary N) is 2. The lowest BCUT2D eigenvalue weighted by Crippen LogP contribution is -2.25. The highest BCUT2D eigenvalue weighted by Gasteiger charge is 2.33. The molecule has 0 bridgehead atoms. The Morgan fingerprint density at radius 2 is 1.79 bits per heavy atom. The molecule has 3 heterocycles. The molecule has 0 saturated heterocycles. The third kappa shape index (κ3) is 3.13. The molecule has 7 heteroatoms. The summed E-state index contributed by atoms with van der Waals surface area (Å²) in [6, 6.07) is 11.4. The zero-order valence-corrected chi connectivity index (χ0v) is 16.4. The number of aryl methyl sites for hydroxylation is 1. The molecule has 1 amide bonds. The summed E-state index contributed by atoms with van der Waals surface area (Å²) in [5, 5.41) is 14.0. The van der Waals surface area contributed by atoms with Crippen LogP contribution in [-0.4, -0.2) is 25.9 Å². The number of benzene rings is 1. The van der Waals surface area contributed by atoms with Gasteiger partial charge in [0.15, 0.2) is 5.82 Å². The molecule has 0 spiro atoms. The van der Waals surface area contributed by atoms with Crippen molar-refractivity contribution in [1.29, 1.82) is 0 Å². The molecule has 1 atom stereocenters. The van der Waals surface area contributed by atoms with Gasteiger partial charge in [0.1, 0.15) is 5.82 Å². The van der Waals surface area contributed by atoms with Crippen LogP contribution in [-0.2, 0) is 10.2 Å². The maximum Gasteiger partial charge on any atom is 0.264 e. The first-order valence-corrected chi connectivity index (χ1v) is 9.30. The SMILES string of the molecule is Cc1nn(-c2ccc(=O)[nH]n2)c2c1[C@H](c1ccc(C(C)(C)C)cc1)CC(=O)N2. The van der Waals surface area contributed by atoms with Crippen molar-refractivity contribution >= 4 is 11.7 Å². The van der Waals surface area contributed by atoms with E-state index in [2.05, 4.69) is 65.6 Å². The van der Waals surface area contributed by atoms with Gasteiger partial charge in [0, 0.05) is 24.0 Å². The molecule has 1 aliphatic heterocycles. The molecular formula is C21H23N5O2. The van der Waals surface area contributed by atoms with E-state index in [1.54, 1.807) is 10.7 Å². The van der Waals surface area contributed by atoms with Gasteiger partial charge in [-0.2, -0.15) is 14.9 Å². The fraction of sp³-hybridized carbons (Fsp3) is 0.333. The van der Waals surface area contributed by atoms with E-state index < -0.39 is 0 Å². The smallest absolute Gasteiger partial charge is 0.264 e. The van der Waals surface area contributed by atoms with Crippen LogP contribution in [0.25, 0.3) is 5.82 Å². The van der Waals surface area contributed by atoms with E-state index in [1.165, 1.54) is 11.6 Å². The van der Waals surface area contributed by atoms with Crippen molar-refractivity contribution in [3.8, 4) is 5.82 Å².